The van der Waals surface area contributed by atoms with Crippen LogP contribution in [-0.4, -0.2) is 69.9 Å². The molecule has 1 aliphatic rings. The van der Waals surface area contributed by atoms with Crippen molar-refractivity contribution in [2.45, 2.75) is 108 Å². The van der Waals surface area contributed by atoms with Crippen LogP contribution in [0.1, 0.15) is 81.9 Å². The molecule has 226 valence electrons. The first-order chi connectivity index (χ1) is 18.9. The van der Waals surface area contributed by atoms with Gasteiger partial charge in [-0.15, -0.1) is 22.7 Å². The molecule has 0 spiro atoms. The molecule has 40 heavy (non-hydrogen) atoms. The standard InChI is InChI=1S/C31H51NO5S2Si/c1-30(2,3)40(5,6)36-21-10-8-7-9-20-35-22-19-32(4)25-15-17-26(18-16-25)37-29(33)31(34,27-13-11-23-38-27)28-14-12-24-39-28/h11-14,23-26,34H,7-10,15-22H2,1-6H3/t25-,26-. The molecule has 0 saturated heterocycles. The van der Waals surface area contributed by atoms with E-state index in [0.717, 1.165) is 64.9 Å². The minimum Gasteiger partial charge on any atom is -0.460 e. The molecule has 0 atom stereocenters. The van der Waals surface area contributed by atoms with E-state index in [4.69, 9.17) is 13.9 Å². The van der Waals surface area contributed by atoms with Gasteiger partial charge in [0.1, 0.15) is 6.10 Å². The summed E-state index contributed by atoms with van der Waals surface area (Å²) in [5, 5.41) is 15.5. The molecule has 9 heteroatoms. The highest BCUT2D eigenvalue weighted by molar-refractivity contribution is 7.12. The van der Waals surface area contributed by atoms with E-state index in [1.54, 1.807) is 12.1 Å². The van der Waals surface area contributed by atoms with Crippen LogP contribution in [0.2, 0.25) is 18.1 Å². The van der Waals surface area contributed by atoms with Crippen LogP contribution in [0.5, 0.6) is 0 Å². The van der Waals surface area contributed by atoms with Crippen LogP contribution in [0.4, 0.5) is 0 Å². The lowest BCUT2D eigenvalue weighted by molar-refractivity contribution is -0.169. The number of hydrogen-bond acceptors (Lipinski definition) is 8. The second kappa shape index (κ2) is 15.4. The van der Waals surface area contributed by atoms with Crippen LogP contribution in [0, 0.1) is 0 Å². The Labute approximate surface area is 251 Å². The number of carbonyl (C=O) groups is 1. The fourth-order valence-corrected chi connectivity index (χ4v) is 7.63. The fourth-order valence-electron chi connectivity index (χ4n) is 4.83. The van der Waals surface area contributed by atoms with Gasteiger partial charge in [-0.1, -0.05) is 45.7 Å². The molecule has 1 N–H and O–H groups in total. The lowest BCUT2D eigenvalue weighted by atomic mass is 9.91. The van der Waals surface area contributed by atoms with Gasteiger partial charge in [0.25, 0.3) is 0 Å². The molecular weight excluding hydrogens is 559 g/mol. The molecule has 3 rings (SSSR count). The molecule has 1 saturated carbocycles. The van der Waals surface area contributed by atoms with Crippen molar-refractivity contribution in [2.75, 3.05) is 33.4 Å². The number of likely N-dealkylation sites (N-methyl/N-ethyl adjacent to an activating group) is 1. The van der Waals surface area contributed by atoms with E-state index in [9.17, 15) is 9.90 Å². The van der Waals surface area contributed by atoms with Gasteiger partial charge in [0.2, 0.25) is 5.60 Å². The quantitative estimate of drug-likeness (QED) is 0.121. The monoisotopic (exact) mass is 609 g/mol. The van der Waals surface area contributed by atoms with Crippen molar-refractivity contribution in [1.29, 1.82) is 0 Å². The molecule has 1 fully saturated rings. The minimum absolute atomic E-state index is 0.160. The first kappa shape index (κ1) is 33.4. The summed E-state index contributed by atoms with van der Waals surface area (Å²) < 4.78 is 18.1. The number of nitrogens with zero attached hydrogens (tertiary/aromatic N) is 1. The van der Waals surface area contributed by atoms with Crippen molar-refractivity contribution in [3.63, 3.8) is 0 Å². The zero-order valence-corrected chi connectivity index (χ0v) is 28.1. The molecule has 0 bridgehead atoms. The molecule has 0 amide bonds. The summed E-state index contributed by atoms with van der Waals surface area (Å²) in [5.74, 6) is -0.564. The van der Waals surface area contributed by atoms with E-state index < -0.39 is 19.9 Å². The third-order valence-corrected chi connectivity index (χ3v) is 15.1. The van der Waals surface area contributed by atoms with Gasteiger partial charge in [0.05, 0.1) is 16.4 Å². The fraction of sp³-hybridized carbons (Fsp3) is 0.710. The number of esters is 1. The van der Waals surface area contributed by atoms with E-state index in [1.807, 2.05) is 22.9 Å². The normalized spacial score (nSPS) is 18.8. The zero-order chi connectivity index (χ0) is 29.2. The zero-order valence-electron chi connectivity index (χ0n) is 25.4. The van der Waals surface area contributed by atoms with E-state index in [2.05, 4.69) is 45.8 Å². The van der Waals surface area contributed by atoms with Crippen molar-refractivity contribution >= 4 is 37.0 Å². The second-order valence-electron chi connectivity index (χ2n) is 12.6. The van der Waals surface area contributed by atoms with Crippen molar-refractivity contribution < 1.29 is 23.8 Å². The maximum atomic E-state index is 13.2. The Morgan fingerprint density at radius 2 is 1.52 bits per heavy atom. The average Bonchev–Trinajstić information content (AvgIpc) is 3.64. The number of hydrogen-bond donors (Lipinski definition) is 1. The van der Waals surface area contributed by atoms with Gasteiger partial charge in [-0.25, -0.2) is 4.79 Å². The summed E-state index contributed by atoms with van der Waals surface area (Å²) in [4.78, 5) is 16.8. The number of thiophene rings is 2. The van der Waals surface area contributed by atoms with Crippen molar-refractivity contribution in [3.8, 4) is 0 Å². The van der Waals surface area contributed by atoms with Gasteiger partial charge in [-0.05, 0) is 86.6 Å². The van der Waals surface area contributed by atoms with Crippen LogP contribution in [0.25, 0.3) is 0 Å². The van der Waals surface area contributed by atoms with Gasteiger partial charge >= 0.3 is 5.97 Å². The maximum Gasteiger partial charge on any atom is 0.349 e. The molecule has 2 aromatic rings. The maximum absolute atomic E-state index is 13.2. The lowest BCUT2D eigenvalue weighted by Crippen LogP contribution is -2.42. The van der Waals surface area contributed by atoms with E-state index in [0.29, 0.717) is 15.8 Å². The molecule has 0 aliphatic heterocycles. The molecule has 1 aliphatic carbocycles. The van der Waals surface area contributed by atoms with E-state index >= 15 is 0 Å². The number of aliphatic hydroxyl groups is 1. The van der Waals surface area contributed by atoms with Gasteiger partial charge < -0.3 is 23.9 Å². The number of unbranched alkanes of at least 4 members (excludes halogenated alkanes) is 3. The highest BCUT2D eigenvalue weighted by Crippen LogP contribution is 2.38. The van der Waals surface area contributed by atoms with Crippen molar-refractivity contribution in [1.82, 2.24) is 4.90 Å². The van der Waals surface area contributed by atoms with E-state index in [1.165, 1.54) is 35.5 Å². The summed E-state index contributed by atoms with van der Waals surface area (Å²) in [5.41, 5.74) is -1.73. The average molecular weight is 610 g/mol. The van der Waals surface area contributed by atoms with Gasteiger partial charge in [0, 0.05) is 25.8 Å². The lowest BCUT2D eigenvalue weighted by Gasteiger charge is -2.36. The molecule has 0 unspecified atom stereocenters. The smallest absolute Gasteiger partial charge is 0.349 e. The Morgan fingerprint density at radius 3 is 2.05 bits per heavy atom. The summed E-state index contributed by atoms with van der Waals surface area (Å²) in [6, 6.07) is 7.76. The van der Waals surface area contributed by atoms with Crippen molar-refractivity contribution in [3.05, 3.63) is 44.8 Å². The number of rotatable bonds is 16. The Hall–Kier alpha value is -1.07. The Balaban J connectivity index is 1.27. The van der Waals surface area contributed by atoms with Crippen LogP contribution >= 0.6 is 22.7 Å². The minimum atomic E-state index is -1.73. The summed E-state index contributed by atoms with van der Waals surface area (Å²) in [6.07, 6.45) is 8.03. The molecule has 2 heterocycles. The van der Waals surface area contributed by atoms with Gasteiger partial charge in [0.15, 0.2) is 8.32 Å². The molecular formula is C31H51NO5S2Si. The van der Waals surface area contributed by atoms with Crippen LogP contribution in [0.3, 0.4) is 0 Å². The molecule has 0 aromatic carbocycles. The Bertz CT molecular complexity index is 948. The van der Waals surface area contributed by atoms with Crippen LogP contribution in [0.15, 0.2) is 35.0 Å². The van der Waals surface area contributed by atoms with Gasteiger partial charge in [-0.3, -0.25) is 0 Å². The topological polar surface area (TPSA) is 68.2 Å². The highest BCUT2D eigenvalue weighted by atomic mass is 32.1. The largest absolute Gasteiger partial charge is 0.460 e. The van der Waals surface area contributed by atoms with E-state index in [-0.39, 0.29) is 11.1 Å². The first-order valence-electron chi connectivity index (χ1n) is 14.9. The third-order valence-electron chi connectivity index (χ3n) is 8.63. The first-order valence-corrected chi connectivity index (χ1v) is 19.6. The second-order valence-corrected chi connectivity index (χ2v) is 19.3. The SMILES string of the molecule is CN(CCOCCCCCCO[Si](C)(C)C(C)(C)C)[C@H]1CC[C@H](OC(=O)C(O)(c2cccs2)c2cccs2)CC1. The highest BCUT2D eigenvalue weighted by Gasteiger charge is 2.45. The Kier molecular flexibility index (Phi) is 12.9. The summed E-state index contributed by atoms with van der Waals surface area (Å²) in [7, 11) is 0.545. The predicted molar refractivity (Wildman–Crippen MR) is 169 cm³/mol. The molecule has 6 nitrogen and oxygen atoms in total. The van der Waals surface area contributed by atoms with Crippen LogP contribution in [-0.2, 0) is 24.3 Å². The predicted octanol–water partition coefficient (Wildman–Crippen LogP) is 7.43. The Morgan fingerprint density at radius 1 is 0.950 bits per heavy atom. The third kappa shape index (κ3) is 9.21. The van der Waals surface area contributed by atoms with Gasteiger partial charge in [-0.2, -0.15) is 0 Å². The van der Waals surface area contributed by atoms with Crippen LogP contribution < -0.4 is 0 Å². The van der Waals surface area contributed by atoms with Crippen molar-refractivity contribution in [2.24, 2.45) is 0 Å². The number of ether oxygens (including phenoxy) is 2. The molecule has 2 aromatic heterocycles. The summed E-state index contributed by atoms with van der Waals surface area (Å²) >= 11 is 2.75. The number of carbonyl (C=O) groups excluding carboxylic acids is 1. The summed E-state index contributed by atoms with van der Waals surface area (Å²) in [6.45, 7) is 14.9. The molecule has 0 radical (unpaired) electrons.